The van der Waals surface area contributed by atoms with Crippen molar-refractivity contribution in [2.75, 3.05) is 6.61 Å². The fourth-order valence-electron chi connectivity index (χ4n) is 8.96. The number of rotatable bonds is 33. The third-order valence-electron chi connectivity index (χ3n) is 12.4. The van der Waals surface area contributed by atoms with Crippen molar-refractivity contribution in [3.63, 3.8) is 0 Å². The Balaban J connectivity index is 2.56. The largest absolute Gasteiger partial charge is 0.478 e. The van der Waals surface area contributed by atoms with Crippen molar-refractivity contribution in [3.8, 4) is 0 Å². The molecule has 0 aliphatic heterocycles. The van der Waals surface area contributed by atoms with Crippen molar-refractivity contribution < 1.29 is 167 Å². The summed E-state index contributed by atoms with van der Waals surface area (Å²) in [5.41, 5.74) is -42.3. The Morgan fingerprint density at radius 3 is 0.535 bits per heavy atom. The first kappa shape index (κ1) is 68.8. The molecule has 3 rings (SSSR count). The van der Waals surface area contributed by atoms with Crippen LogP contribution in [0, 0.1) is 0 Å². The van der Waals surface area contributed by atoms with E-state index in [-0.39, 0.29) is 12.8 Å². The van der Waals surface area contributed by atoms with Gasteiger partial charge in [0.15, 0.2) is 0 Å². The van der Waals surface area contributed by atoms with E-state index in [1.165, 1.54) is 0 Å². The second-order valence-corrected chi connectivity index (χ2v) is 17.8. The van der Waals surface area contributed by atoms with E-state index >= 15 is 0 Å². The Labute approximate surface area is 477 Å². The maximum Gasteiger partial charge on any atom is 0.347 e. The van der Waals surface area contributed by atoms with Crippen LogP contribution >= 0.6 is 0 Å². The minimum absolute atomic E-state index is 0.171. The maximum atomic E-state index is 14.6. The molecule has 0 amide bonds. The number of unbranched alkanes of at least 4 members (excludes halogenated alkanes) is 13. The number of carbonyl (C=O) groups excluding carboxylic acids is 5. The second kappa shape index (κ2) is 29.5. The van der Waals surface area contributed by atoms with Crippen LogP contribution in [0.25, 0.3) is 0 Å². The van der Waals surface area contributed by atoms with E-state index in [1.54, 1.807) is 0 Å². The lowest BCUT2D eigenvalue weighted by atomic mass is 9.85. The molecule has 0 saturated carbocycles. The Morgan fingerprint density at radius 2 is 0.349 bits per heavy atom. The monoisotopic (exact) mass is 1210 g/mol. The Morgan fingerprint density at radius 1 is 0.209 bits per heavy atom. The molecule has 13 N–H and O–H groups in total. The smallest absolute Gasteiger partial charge is 0.347 e. The average Bonchev–Trinajstić information content (AvgIpc) is 0.847. The van der Waals surface area contributed by atoms with Gasteiger partial charge in [0, 0.05) is 0 Å². The predicted molar refractivity (Wildman–Crippen MR) is 270 cm³/mol. The van der Waals surface area contributed by atoms with E-state index in [4.69, 9.17) is 4.74 Å². The lowest BCUT2D eigenvalue weighted by Gasteiger charge is -2.21. The topological polar surface area (TPSA) is 598 Å². The van der Waals surface area contributed by atoms with Crippen LogP contribution in [0.15, 0.2) is 0 Å². The summed E-state index contributed by atoms with van der Waals surface area (Å²) in [7, 11) is 0. The normalized spacial score (nSPS) is 10.7. The number of carboxylic acids is 13. The molecule has 0 heterocycles. The number of esters is 5. The van der Waals surface area contributed by atoms with Gasteiger partial charge >= 0.3 is 107 Å². The van der Waals surface area contributed by atoms with Crippen LogP contribution in [0.2, 0.25) is 0 Å². The highest BCUT2D eigenvalue weighted by atomic mass is 16.6. The highest BCUT2D eigenvalue weighted by Gasteiger charge is 2.47. The molecule has 0 atom stereocenters. The molecular formula is C52H46O34. The van der Waals surface area contributed by atoms with E-state index < -0.39 is 214 Å². The molecule has 3 aromatic carbocycles. The minimum atomic E-state index is -3.12. The van der Waals surface area contributed by atoms with Crippen molar-refractivity contribution in [1.29, 1.82) is 0 Å². The summed E-state index contributed by atoms with van der Waals surface area (Å²) in [5.74, 6) is -51.3. The molecule has 0 aliphatic rings. The predicted octanol–water partition coefficient (Wildman–Crippen LogP) is 5.40. The van der Waals surface area contributed by atoms with Crippen molar-refractivity contribution in [1.82, 2.24) is 0 Å². The van der Waals surface area contributed by atoms with Crippen LogP contribution < -0.4 is 0 Å². The summed E-state index contributed by atoms with van der Waals surface area (Å²) in [4.78, 5) is 236. The summed E-state index contributed by atoms with van der Waals surface area (Å²) in [6.45, 7) is 1.19. The van der Waals surface area contributed by atoms with Gasteiger partial charge < -0.3 is 80.6 Å². The van der Waals surface area contributed by atoms with Crippen LogP contribution in [-0.4, -0.2) is 180 Å². The van der Waals surface area contributed by atoms with Gasteiger partial charge in [-0.05, 0) is 6.42 Å². The Kier molecular flexibility index (Phi) is 23.6. The van der Waals surface area contributed by atoms with Gasteiger partial charge in [-0.25, -0.2) is 86.3 Å². The summed E-state index contributed by atoms with van der Waals surface area (Å²) < 4.78 is 13.9. The van der Waals surface area contributed by atoms with Gasteiger partial charge in [-0.2, -0.15) is 0 Å². The maximum absolute atomic E-state index is 14.6. The number of benzene rings is 3. The van der Waals surface area contributed by atoms with Crippen LogP contribution in [0.5, 0.6) is 0 Å². The third-order valence-corrected chi connectivity index (χ3v) is 12.4. The summed E-state index contributed by atoms with van der Waals surface area (Å²) >= 11 is 0. The Bertz CT molecular complexity index is 3390. The van der Waals surface area contributed by atoms with Crippen molar-refractivity contribution in [2.45, 2.75) is 96.8 Å². The zero-order valence-corrected chi connectivity index (χ0v) is 44.0. The van der Waals surface area contributed by atoms with Gasteiger partial charge in [0.1, 0.15) is 0 Å². The van der Waals surface area contributed by atoms with Crippen LogP contribution in [-0.2, 0) is 14.2 Å². The molecule has 0 spiro atoms. The molecule has 0 fully saturated rings. The first-order chi connectivity index (χ1) is 40.1. The number of aromatic carboxylic acids is 13. The van der Waals surface area contributed by atoms with Crippen molar-refractivity contribution in [3.05, 3.63) is 100 Å². The quantitative estimate of drug-likeness (QED) is 0.0157. The summed E-state index contributed by atoms with van der Waals surface area (Å²) in [6, 6.07) is 0. The number of hydrogen-bond donors (Lipinski definition) is 13. The van der Waals surface area contributed by atoms with Crippen LogP contribution in [0.4, 0.5) is 0 Å². The van der Waals surface area contributed by atoms with Gasteiger partial charge in [0.25, 0.3) is 0 Å². The highest BCUT2D eigenvalue weighted by molar-refractivity contribution is 6.29. The van der Waals surface area contributed by atoms with Gasteiger partial charge in [-0.1, -0.05) is 90.4 Å². The molecule has 0 aromatic heterocycles. The molecule has 86 heavy (non-hydrogen) atoms. The molecule has 0 aliphatic carbocycles. The number of ether oxygens (including phenoxy) is 3. The van der Waals surface area contributed by atoms with Gasteiger partial charge in [-0.3, -0.25) is 0 Å². The SMILES string of the molecule is CCCCCCCCCCCCCCCCOC(=O)c1c(C(=O)O)c(C(=O)O)c(C(=O)O)c(C(=O)OC(=O)c2c(C(=O)O)c(C(=O)O)c(C(=O)O)c(C(=O)O)c2C(=O)O)c1C(=O)OC(=O)c1c(C(=O)O)c(C(=O)O)c(C(=O)O)c(C(=O)O)c1C(=O)O. The molecule has 0 saturated heterocycles. The molecule has 0 bridgehead atoms. The number of carbonyl (C=O) groups is 18. The van der Waals surface area contributed by atoms with E-state index in [1.807, 2.05) is 0 Å². The second-order valence-electron chi connectivity index (χ2n) is 17.8. The lowest BCUT2D eigenvalue weighted by molar-refractivity contribution is 0.0342. The van der Waals surface area contributed by atoms with E-state index in [9.17, 15) is 153 Å². The van der Waals surface area contributed by atoms with E-state index in [0.717, 1.165) is 64.2 Å². The minimum Gasteiger partial charge on any atom is -0.478 e. The van der Waals surface area contributed by atoms with Crippen LogP contribution in [0.3, 0.4) is 0 Å². The first-order valence-corrected chi connectivity index (χ1v) is 24.6. The van der Waals surface area contributed by atoms with Gasteiger partial charge in [0.2, 0.25) is 0 Å². The summed E-state index contributed by atoms with van der Waals surface area (Å²) in [6.07, 6.45) is 11.0. The highest BCUT2D eigenvalue weighted by Crippen LogP contribution is 2.36. The van der Waals surface area contributed by atoms with Gasteiger partial charge in [-0.15, -0.1) is 0 Å². The molecule has 3 aromatic rings. The van der Waals surface area contributed by atoms with E-state index in [2.05, 4.69) is 16.4 Å². The summed E-state index contributed by atoms with van der Waals surface area (Å²) in [5, 5.41) is 131. The number of hydrogen-bond acceptors (Lipinski definition) is 21. The third kappa shape index (κ3) is 15.0. The molecule has 458 valence electrons. The molecule has 34 nitrogen and oxygen atoms in total. The van der Waals surface area contributed by atoms with Crippen molar-refractivity contribution in [2.24, 2.45) is 0 Å². The standard InChI is InChI=1S/C52H46O34/c1-2-3-4-5-6-7-8-9-10-11-12-13-14-15-16-84-48(79)32-28(46(75)76)23(41(65)66)29(47(77)78)33(51(82)85-49(80)30-24(42(67)68)19(37(57)58)17(35(53)54)20(38(59)60)25(30)43(69)70)34(32)52(83)86-50(81)31-26(44(71)72)21(39(61)62)18(36(55)56)22(40(63)64)27(31)45(73)74/h2-16H2,1H3,(H,53,54)(H,55,56)(H,57,58)(H,59,60)(H,61,62)(H,63,64)(H,65,66)(H,67,68)(H,69,70)(H,71,72)(H,73,74)(H,75,76)(H,77,78). The zero-order valence-electron chi connectivity index (χ0n) is 44.0. The fourth-order valence-corrected chi connectivity index (χ4v) is 8.96. The van der Waals surface area contributed by atoms with E-state index in [0.29, 0.717) is 12.8 Å². The van der Waals surface area contributed by atoms with Gasteiger partial charge in [0.05, 0.1) is 107 Å². The lowest BCUT2D eigenvalue weighted by Crippen LogP contribution is -2.33. The van der Waals surface area contributed by atoms with Crippen LogP contribution in [0.1, 0.15) is 283 Å². The zero-order chi connectivity index (χ0) is 65.5. The first-order valence-electron chi connectivity index (χ1n) is 24.6. The average molecular weight is 1210 g/mol. The molecule has 0 radical (unpaired) electrons. The number of carboxylic acid groups (broad SMARTS) is 13. The molecule has 34 heteroatoms. The van der Waals surface area contributed by atoms with Crippen molar-refractivity contribution >= 4 is 107 Å². The fraction of sp³-hybridized carbons (Fsp3) is 0.308. The molecular weight excluding hydrogens is 1170 g/mol. The molecule has 0 unspecified atom stereocenters. The Hall–Kier alpha value is -11.5.